The molecule has 0 aliphatic carbocycles. The number of thiazole rings is 1. The van der Waals surface area contributed by atoms with Crippen molar-refractivity contribution in [2.24, 2.45) is 7.05 Å². The van der Waals surface area contributed by atoms with Crippen molar-refractivity contribution in [1.82, 2.24) is 19.7 Å². The third-order valence-corrected chi connectivity index (χ3v) is 5.94. The lowest BCUT2D eigenvalue weighted by atomic mass is 10.1. The molecule has 4 heterocycles. The van der Waals surface area contributed by atoms with Crippen molar-refractivity contribution in [3.8, 4) is 11.5 Å². The van der Waals surface area contributed by atoms with E-state index in [1.165, 1.54) is 23.5 Å². The molecule has 0 unspecified atom stereocenters. The van der Waals surface area contributed by atoms with E-state index in [1.807, 2.05) is 13.0 Å². The number of aryl methyl sites for hydroxylation is 2. The minimum atomic E-state index is -0.312. The zero-order valence-electron chi connectivity index (χ0n) is 17.3. The second kappa shape index (κ2) is 8.01. The Balaban J connectivity index is 1.46. The maximum absolute atomic E-state index is 13.4. The highest BCUT2D eigenvalue weighted by molar-refractivity contribution is 7.15. The first-order chi connectivity index (χ1) is 15.5. The van der Waals surface area contributed by atoms with Crippen LogP contribution >= 0.6 is 11.3 Å². The van der Waals surface area contributed by atoms with Gasteiger partial charge in [0.1, 0.15) is 11.5 Å². The smallest absolute Gasteiger partial charge is 0.258 e. The molecule has 160 valence electrons. The Morgan fingerprint density at radius 3 is 2.91 bits per heavy atom. The van der Waals surface area contributed by atoms with E-state index in [4.69, 9.17) is 4.42 Å². The fourth-order valence-corrected chi connectivity index (χ4v) is 4.48. The Labute approximate surface area is 186 Å². The molecule has 7 nitrogen and oxygen atoms in total. The molecular weight excluding hydrogens is 429 g/mol. The molecule has 0 bridgehead atoms. The van der Waals surface area contributed by atoms with Crippen LogP contribution in [0.15, 0.2) is 59.3 Å². The van der Waals surface area contributed by atoms with Gasteiger partial charge in [-0.1, -0.05) is 12.1 Å². The number of hydrogen-bond donors (Lipinski definition) is 1. The average Bonchev–Trinajstić information content (AvgIpc) is 3.50. The van der Waals surface area contributed by atoms with Gasteiger partial charge in [0, 0.05) is 24.5 Å². The molecule has 0 aliphatic heterocycles. The fourth-order valence-electron chi connectivity index (χ4n) is 3.63. The number of anilines is 1. The molecule has 32 heavy (non-hydrogen) atoms. The van der Waals surface area contributed by atoms with Gasteiger partial charge < -0.3 is 4.42 Å². The van der Waals surface area contributed by atoms with Gasteiger partial charge in [0.25, 0.3) is 5.91 Å². The zero-order chi connectivity index (χ0) is 22.2. The summed E-state index contributed by atoms with van der Waals surface area (Å²) in [5, 5.41) is 8.44. The first kappa shape index (κ1) is 20.1. The van der Waals surface area contributed by atoms with Crippen molar-refractivity contribution < 1.29 is 13.6 Å². The second-order valence-corrected chi connectivity index (χ2v) is 8.45. The van der Waals surface area contributed by atoms with Crippen LogP contribution in [0.1, 0.15) is 26.5 Å². The predicted molar refractivity (Wildman–Crippen MR) is 120 cm³/mol. The lowest BCUT2D eigenvalue weighted by molar-refractivity contribution is 0.102. The van der Waals surface area contributed by atoms with E-state index in [1.54, 1.807) is 48.5 Å². The molecular formula is C23H18FN5O2S. The molecule has 5 rings (SSSR count). The van der Waals surface area contributed by atoms with Crippen LogP contribution in [-0.4, -0.2) is 25.7 Å². The number of aromatic nitrogens is 4. The fraction of sp³-hybridized carbons (Fsp3) is 0.130. The first-order valence-corrected chi connectivity index (χ1v) is 10.7. The van der Waals surface area contributed by atoms with Gasteiger partial charge in [-0.05, 0) is 42.8 Å². The molecule has 9 heteroatoms. The Morgan fingerprint density at radius 2 is 2.12 bits per heavy atom. The number of hydrogen-bond acceptors (Lipinski definition) is 6. The standard InChI is InChI=1S/C23H18FN5O2S/c1-13-20-17(11-18(19-7-4-8-31-19)26-21(20)29(2)28-13)22(30)27-23-25-12-16(32-23)10-14-5-3-6-15(24)9-14/h3-9,11-12H,10H2,1-2H3,(H,25,27,30). The van der Waals surface area contributed by atoms with Crippen molar-refractivity contribution in [3.63, 3.8) is 0 Å². The quantitative estimate of drug-likeness (QED) is 0.411. The van der Waals surface area contributed by atoms with Crippen LogP contribution in [0.4, 0.5) is 9.52 Å². The average molecular weight is 447 g/mol. The molecule has 5 aromatic rings. The monoisotopic (exact) mass is 447 g/mol. The number of carbonyl (C=O) groups excluding carboxylic acids is 1. The summed E-state index contributed by atoms with van der Waals surface area (Å²) in [6.07, 6.45) is 3.79. The molecule has 0 saturated carbocycles. The number of nitrogens with one attached hydrogen (secondary N) is 1. The normalized spacial score (nSPS) is 11.2. The summed E-state index contributed by atoms with van der Waals surface area (Å²) in [7, 11) is 1.79. The minimum Gasteiger partial charge on any atom is -0.463 e. The number of carbonyl (C=O) groups is 1. The molecule has 0 saturated heterocycles. The number of pyridine rings is 1. The topological polar surface area (TPSA) is 85.8 Å². The van der Waals surface area contributed by atoms with E-state index >= 15 is 0 Å². The lowest BCUT2D eigenvalue weighted by Crippen LogP contribution is -2.13. The Hall–Kier alpha value is -3.85. The van der Waals surface area contributed by atoms with Crippen LogP contribution in [0.5, 0.6) is 0 Å². The summed E-state index contributed by atoms with van der Waals surface area (Å²) < 4.78 is 20.6. The van der Waals surface area contributed by atoms with Crippen molar-refractivity contribution in [2.45, 2.75) is 13.3 Å². The van der Waals surface area contributed by atoms with Gasteiger partial charge in [-0.3, -0.25) is 14.8 Å². The number of fused-ring (bicyclic) bond motifs is 1. The number of amides is 1. The lowest BCUT2D eigenvalue weighted by Gasteiger charge is -2.07. The van der Waals surface area contributed by atoms with Crippen molar-refractivity contribution >= 4 is 33.4 Å². The molecule has 4 aromatic heterocycles. The van der Waals surface area contributed by atoms with E-state index in [-0.39, 0.29) is 11.7 Å². The van der Waals surface area contributed by atoms with Gasteiger partial charge in [0.05, 0.1) is 22.9 Å². The third kappa shape index (κ3) is 3.78. The van der Waals surface area contributed by atoms with E-state index in [0.29, 0.717) is 45.3 Å². The summed E-state index contributed by atoms with van der Waals surface area (Å²) in [5.41, 5.74) is 3.12. The molecule has 0 atom stereocenters. The number of rotatable bonds is 5. The van der Waals surface area contributed by atoms with E-state index in [2.05, 4.69) is 20.4 Å². The highest BCUT2D eigenvalue weighted by Gasteiger charge is 2.21. The highest BCUT2D eigenvalue weighted by atomic mass is 32.1. The Kier molecular flexibility index (Phi) is 5.02. The SMILES string of the molecule is Cc1nn(C)c2nc(-c3ccco3)cc(C(=O)Nc3ncc(Cc4cccc(F)c4)s3)c12. The van der Waals surface area contributed by atoms with Gasteiger partial charge in [-0.2, -0.15) is 5.10 Å². The summed E-state index contributed by atoms with van der Waals surface area (Å²) >= 11 is 1.35. The first-order valence-electron chi connectivity index (χ1n) is 9.86. The van der Waals surface area contributed by atoms with E-state index in [9.17, 15) is 9.18 Å². The predicted octanol–water partition coefficient (Wildman–Crippen LogP) is 4.98. The maximum atomic E-state index is 13.4. The van der Waals surface area contributed by atoms with Crippen molar-refractivity contribution in [3.05, 3.63) is 82.4 Å². The van der Waals surface area contributed by atoms with E-state index < -0.39 is 0 Å². The van der Waals surface area contributed by atoms with Crippen LogP contribution in [0, 0.1) is 12.7 Å². The Morgan fingerprint density at radius 1 is 1.25 bits per heavy atom. The van der Waals surface area contributed by atoms with Gasteiger partial charge >= 0.3 is 0 Å². The molecule has 0 spiro atoms. The number of halogens is 1. The van der Waals surface area contributed by atoms with Gasteiger partial charge in [0.2, 0.25) is 0 Å². The number of benzene rings is 1. The van der Waals surface area contributed by atoms with Crippen molar-refractivity contribution in [2.75, 3.05) is 5.32 Å². The van der Waals surface area contributed by atoms with Crippen LogP contribution in [0.25, 0.3) is 22.5 Å². The summed E-state index contributed by atoms with van der Waals surface area (Å²) in [6, 6.07) is 11.7. The minimum absolute atomic E-state index is 0.276. The second-order valence-electron chi connectivity index (χ2n) is 7.33. The number of nitrogens with zero attached hydrogens (tertiary/aromatic N) is 4. The summed E-state index contributed by atoms with van der Waals surface area (Å²) in [5.74, 6) is -0.0270. The highest BCUT2D eigenvalue weighted by Crippen LogP contribution is 2.28. The molecule has 0 aliphatic rings. The van der Waals surface area contributed by atoms with Crippen LogP contribution in [0.3, 0.4) is 0 Å². The van der Waals surface area contributed by atoms with Crippen molar-refractivity contribution in [1.29, 1.82) is 0 Å². The molecule has 1 N–H and O–H groups in total. The largest absolute Gasteiger partial charge is 0.463 e. The summed E-state index contributed by atoms with van der Waals surface area (Å²) in [4.78, 5) is 23.1. The third-order valence-electron chi connectivity index (χ3n) is 5.03. The summed E-state index contributed by atoms with van der Waals surface area (Å²) in [6.45, 7) is 1.84. The van der Waals surface area contributed by atoms with Gasteiger partial charge in [0.15, 0.2) is 16.5 Å². The van der Waals surface area contributed by atoms with Crippen LogP contribution in [0.2, 0.25) is 0 Å². The van der Waals surface area contributed by atoms with Gasteiger partial charge in [-0.15, -0.1) is 11.3 Å². The molecule has 1 amide bonds. The molecule has 0 radical (unpaired) electrons. The van der Waals surface area contributed by atoms with Crippen LogP contribution in [-0.2, 0) is 13.5 Å². The zero-order valence-corrected chi connectivity index (χ0v) is 18.1. The molecule has 0 fully saturated rings. The van der Waals surface area contributed by atoms with Crippen LogP contribution < -0.4 is 5.32 Å². The van der Waals surface area contributed by atoms with Gasteiger partial charge in [-0.25, -0.2) is 14.4 Å². The number of furan rings is 1. The van der Waals surface area contributed by atoms with E-state index in [0.717, 1.165) is 10.4 Å². The molecule has 1 aromatic carbocycles. The maximum Gasteiger partial charge on any atom is 0.258 e. The Bertz CT molecular complexity index is 1440.